The molecule has 0 radical (unpaired) electrons. The monoisotopic (exact) mass is 314 g/mol. The first-order valence-electron chi connectivity index (χ1n) is 6.48. The van der Waals surface area contributed by atoms with Crippen molar-refractivity contribution in [3.8, 4) is 0 Å². The van der Waals surface area contributed by atoms with E-state index in [2.05, 4.69) is 12.3 Å². The molecule has 2 atom stereocenters. The molecule has 1 fully saturated rings. The standard InChI is InChI=1S/C12H18N4O4S/c1-8-5-9(8)7-15(2)21(19,20)10-3-4-11(14-13)12(6-10)16(17)18/h3-4,6,8-9,14H,5,7,13H2,1-2H3. The number of anilines is 1. The zero-order valence-corrected chi connectivity index (χ0v) is 12.6. The number of hydrazine groups is 1. The van der Waals surface area contributed by atoms with E-state index in [4.69, 9.17) is 5.84 Å². The molecule has 0 saturated heterocycles. The molecule has 3 N–H and O–H groups in total. The second-order valence-electron chi connectivity index (χ2n) is 5.34. The Kier molecular flexibility index (Phi) is 4.17. The van der Waals surface area contributed by atoms with E-state index < -0.39 is 14.9 Å². The molecule has 0 heterocycles. The van der Waals surface area contributed by atoms with Crippen LogP contribution in [0, 0.1) is 22.0 Å². The minimum atomic E-state index is -3.74. The van der Waals surface area contributed by atoms with Gasteiger partial charge in [-0.1, -0.05) is 6.92 Å². The van der Waals surface area contributed by atoms with Gasteiger partial charge in [0.05, 0.1) is 9.82 Å². The van der Waals surface area contributed by atoms with Crippen LogP contribution in [0.3, 0.4) is 0 Å². The Balaban J connectivity index is 2.31. The third-order valence-electron chi connectivity index (χ3n) is 3.80. The molecule has 2 unspecified atom stereocenters. The second-order valence-corrected chi connectivity index (χ2v) is 7.38. The van der Waals surface area contributed by atoms with Gasteiger partial charge in [0.2, 0.25) is 10.0 Å². The van der Waals surface area contributed by atoms with Crippen molar-refractivity contribution < 1.29 is 13.3 Å². The third-order valence-corrected chi connectivity index (χ3v) is 5.62. The van der Waals surface area contributed by atoms with Gasteiger partial charge in [0.15, 0.2) is 0 Å². The molecule has 1 aliphatic carbocycles. The first kappa shape index (κ1) is 15.7. The number of hydrogen-bond acceptors (Lipinski definition) is 6. The number of rotatable bonds is 6. The van der Waals surface area contributed by atoms with Crippen LogP contribution in [0.1, 0.15) is 13.3 Å². The predicted octanol–water partition coefficient (Wildman–Crippen LogP) is 1.16. The molecule has 1 aliphatic rings. The molecule has 0 aromatic heterocycles. The molecule has 0 amide bonds. The molecule has 8 nitrogen and oxygen atoms in total. The Morgan fingerprint density at radius 2 is 2.14 bits per heavy atom. The molecule has 1 aromatic rings. The zero-order chi connectivity index (χ0) is 15.8. The lowest BCUT2D eigenvalue weighted by molar-refractivity contribution is -0.384. The van der Waals surface area contributed by atoms with Crippen LogP contribution in [0.15, 0.2) is 23.1 Å². The largest absolute Gasteiger partial charge is 0.318 e. The molecule has 1 saturated carbocycles. The van der Waals surface area contributed by atoms with Gasteiger partial charge in [-0.3, -0.25) is 16.0 Å². The smallest absolute Gasteiger partial charge is 0.294 e. The van der Waals surface area contributed by atoms with Crippen molar-refractivity contribution in [1.29, 1.82) is 0 Å². The molecule has 2 rings (SSSR count). The Bertz CT molecular complexity index is 661. The van der Waals surface area contributed by atoms with Crippen LogP contribution in [-0.4, -0.2) is 31.2 Å². The summed E-state index contributed by atoms with van der Waals surface area (Å²) in [7, 11) is -2.25. The van der Waals surface area contributed by atoms with Crippen molar-refractivity contribution in [3.63, 3.8) is 0 Å². The molecular weight excluding hydrogens is 296 g/mol. The highest BCUT2D eigenvalue weighted by atomic mass is 32.2. The average Bonchev–Trinajstić information content (AvgIpc) is 3.13. The summed E-state index contributed by atoms with van der Waals surface area (Å²) in [4.78, 5) is 10.2. The summed E-state index contributed by atoms with van der Waals surface area (Å²) in [6.07, 6.45) is 1.01. The van der Waals surface area contributed by atoms with Gasteiger partial charge in [0, 0.05) is 19.7 Å². The maximum atomic E-state index is 12.4. The average molecular weight is 314 g/mol. The number of nitrogens with one attached hydrogen (secondary N) is 1. The second kappa shape index (κ2) is 5.58. The number of benzene rings is 1. The van der Waals surface area contributed by atoms with Gasteiger partial charge in [0.25, 0.3) is 5.69 Å². The van der Waals surface area contributed by atoms with Crippen molar-refractivity contribution >= 4 is 21.4 Å². The van der Waals surface area contributed by atoms with E-state index in [0.717, 1.165) is 12.5 Å². The normalized spacial score (nSPS) is 21.3. The Hall–Kier alpha value is -1.71. The Morgan fingerprint density at radius 1 is 1.52 bits per heavy atom. The van der Waals surface area contributed by atoms with Crippen LogP contribution < -0.4 is 11.3 Å². The summed E-state index contributed by atoms with van der Waals surface area (Å²) in [5, 5.41) is 11.0. The molecule has 116 valence electrons. The number of sulfonamides is 1. The summed E-state index contributed by atoms with van der Waals surface area (Å²) in [6, 6.07) is 3.63. The van der Waals surface area contributed by atoms with Gasteiger partial charge < -0.3 is 5.43 Å². The number of nitrogens with zero attached hydrogens (tertiary/aromatic N) is 2. The zero-order valence-electron chi connectivity index (χ0n) is 11.8. The van der Waals surface area contributed by atoms with Gasteiger partial charge in [0.1, 0.15) is 5.69 Å². The van der Waals surface area contributed by atoms with E-state index in [1.807, 2.05) is 0 Å². The first-order chi connectivity index (χ1) is 9.77. The Labute approximate surface area is 123 Å². The van der Waals surface area contributed by atoms with Crippen LogP contribution in [-0.2, 0) is 10.0 Å². The molecular formula is C12H18N4O4S. The summed E-state index contributed by atoms with van der Waals surface area (Å²) in [6.45, 7) is 2.49. The molecule has 1 aromatic carbocycles. The van der Waals surface area contributed by atoms with E-state index in [1.54, 1.807) is 0 Å². The highest BCUT2D eigenvalue weighted by Crippen LogP contribution is 2.39. The van der Waals surface area contributed by atoms with Crippen LogP contribution >= 0.6 is 0 Å². The lowest BCUT2D eigenvalue weighted by atomic mass is 10.3. The number of hydrogen-bond donors (Lipinski definition) is 2. The van der Waals surface area contributed by atoms with Gasteiger partial charge in [-0.15, -0.1) is 0 Å². The van der Waals surface area contributed by atoms with Crippen molar-refractivity contribution in [2.45, 2.75) is 18.2 Å². The van der Waals surface area contributed by atoms with Crippen molar-refractivity contribution in [2.24, 2.45) is 17.7 Å². The maximum absolute atomic E-state index is 12.4. The number of nitro benzene ring substituents is 1. The van der Waals surface area contributed by atoms with Gasteiger partial charge in [-0.05, 0) is 30.4 Å². The van der Waals surface area contributed by atoms with Gasteiger partial charge >= 0.3 is 0 Å². The van der Waals surface area contributed by atoms with Gasteiger partial charge in [-0.25, -0.2) is 12.7 Å². The van der Waals surface area contributed by atoms with E-state index >= 15 is 0 Å². The SMILES string of the molecule is CC1CC1CN(C)S(=O)(=O)c1ccc(NN)c([N+](=O)[O-])c1. The molecule has 0 bridgehead atoms. The summed E-state index contributed by atoms with van der Waals surface area (Å²) in [5.41, 5.74) is 1.88. The van der Waals surface area contributed by atoms with E-state index in [9.17, 15) is 18.5 Å². The van der Waals surface area contributed by atoms with E-state index in [0.29, 0.717) is 18.4 Å². The summed E-state index contributed by atoms with van der Waals surface area (Å²) in [5.74, 6) is 6.08. The minimum absolute atomic E-state index is 0.0671. The fraction of sp³-hybridized carbons (Fsp3) is 0.500. The highest BCUT2D eigenvalue weighted by Gasteiger charge is 2.36. The lowest BCUT2D eigenvalue weighted by Gasteiger charge is -2.17. The van der Waals surface area contributed by atoms with Gasteiger partial charge in [-0.2, -0.15) is 0 Å². The van der Waals surface area contributed by atoms with Crippen molar-refractivity contribution in [1.82, 2.24) is 4.31 Å². The van der Waals surface area contributed by atoms with Crippen LogP contribution in [0.4, 0.5) is 11.4 Å². The molecule has 9 heteroatoms. The minimum Gasteiger partial charge on any atom is -0.318 e. The fourth-order valence-electron chi connectivity index (χ4n) is 2.21. The predicted molar refractivity (Wildman–Crippen MR) is 78.0 cm³/mol. The molecule has 0 aliphatic heterocycles. The van der Waals surface area contributed by atoms with E-state index in [1.165, 1.54) is 23.5 Å². The van der Waals surface area contributed by atoms with Crippen LogP contribution in [0.25, 0.3) is 0 Å². The Morgan fingerprint density at radius 3 is 2.62 bits per heavy atom. The number of nitrogen functional groups attached to an aromatic ring is 1. The van der Waals surface area contributed by atoms with Crippen LogP contribution in [0.5, 0.6) is 0 Å². The molecule has 21 heavy (non-hydrogen) atoms. The quantitative estimate of drug-likeness (QED) is 0.462. The first-order valence-corrected chi connectivity index (χ1v) is 7.92. The topological polar surface area (TPSA) is 119 Å². The maximum Gasteiger partial charge on any atom is 0.294 e. The van der Waals surface area contributed by atoms with E-state index in [-0.39, 0.29) is 16.3 Å². The number of nitrogens with two attached hydrogens (primary N) is 1. The summed E-state index contributed by atoms with van der Waals surface area (Å²) < 4.78 is 26.1. The summed E-state index contributed by atoms with van der Waals surface area (Å²) >= 11 is 0. The highest BCUT2D eigenvalue weighted by molar-refractivity contribution is 7.89. The van der Waals surface area contributed by atoms with Crippen molar-refractivity contribution in [2.75, 3.05) is 19.0 Å². The molecule has 0 spiro atoms. The van der Waals surface area contributed by atoms with Crippen molar-refractivity contribution in [3.05, 3.63) is 28.3 Å². The third kappa shape index (κ3) is 3.14. The number of nitro groups is 1. The lowest BCUT2D eigenvalue weighted by Crippen LogP contribution is -2.29. The fourth-order valence-corrected chi connectivity index (χ4v) is 3.45. The van der Waals surface area contributed by atoms with Crippen LogP contribution in [0.2, 0.25) is 0 Å².